The average molecular weight is 242 g/mol. The highest BCUT2D eigenvalue weighted by Gasteiger charge is 2.15. The lowest BCUT2D eigenvalue weighted by Gasteiger charge is -2.19. The Hall–Kier alpha value is -0.480. The highest BCUT2D eigenvalue weighted by atomic mass is 32.2. The maximum absolute atomic E-state index is 11.6. The zero-order chi connectivity index (χ0) is 11.8. The van der Waals surface area contributed by atoms with E-state index in [0.717, 1.165) is 31.6 Å². The molecule has 0 aromatic rings. The summed E-state index contributed by atoms with van der Waals surface area (Å²) in [5, 5.41) is 2.95. The number of allylic oxidation sites excluding steroid dienone is 2. The molecule has 1 amide bonds. The van der Waals surface area contributed by atoms with E-state index in [1.54, 1.807) is 11.8 Å². The molecule has 0 saturated carbocycles. The number of thioether (sulfide) groups is 1. The largest absolute Gasteiger partial charge is 0.354 e. The third kappa shape index (κ3) is 5.03. The molecule has 4 heteroatoms. The Morgan fingerprint density at radius 3 is 3.06 bits per heavy atom. The van der Waals surface area contributed by atoms with Crippen molar-refractivity contribution in [2.75, 3.05) is 18.6 Å². The highest BCUT2D eigenvalue weighted by Crippen LogP contribution is 2.16. The van der Waals surface area contributed by atoms with Crippen LogP contribution in [0.4, 0.5) is 0 Å². The fourth-order valence-corrected chi connectivity index (χ4v) is 2.28. The molecule has 0 spiro atoms. The number of hydrogen-bond donors (Lipinski definition) is 2. The van der Waals surface area contributed by atoms with Crippen molar-refractivity contribution in [3.05, 3.63) is 12.2 Å². The lowest BCUT2D eigenvalue weighted by molar-refractivity contribution is -0.122. The van der Waals surface area contributed by atoms with Crippen LogP contribution < -0.4 is 11.1 Å². The monoisotopic (exact) mass is 242 g/mol. The number of rotatable bonds is 6. The van der Waals surface area contributed by atoms with E-state index in [-0.39, 0.29) is 11.9 Å². The summed E-state index contributed by atoms with van der Waals surface area (Å²) in [6.45, 7) is 0.774. The van der Waals surface area contributed by atoms with Crippen molar-refractivity contribution >= 4 is 17.7 Å². The summed E-state index contributed by atoms with van der Waals surface area (Å²) in [6, 6.07) is -0.341. The molecule has 0 saturated heterocycles. The Kier molecular flexibility index (Phi) is 6.57. The van der Waals surface area contributed by atoms with Gasteiger partial charge in [-0.3, -0.25) is 4.79 Å². The molecule has 0 fully saturated rings. The lowest BCUT2D eigenvalue weighted by Crippen LogP contribution is -2.42. The first kappa shape index (κ1) is 13.6. The van der Waals surface area contributed by atoms with E-state index >= 15 is 0 Å². The second-order valence-electron chi connectivity index (χ2n) is 4.28. The summed E-state index contributed by atoms with van der Waals surface area (Å²) >= 11 is 1.72. The molecule has 3 nitrogen and oxygen atoms in total. The number of carbonyl (C=O) groups is 1. The third-order valence-corrected chi connectivity index (χ3v) is 3.56. The van der Waals surface area contributed by atoms with Gasteiger partial charge in [-0.05, 0) is 43.6 Å². The van der Waals surface area contributed by atoms with Crippen LogP contribution in [0.3, 0.4) is 0 Å². The molecule has 0 aromatic heterocycles. The van der Waals surface area contributed by atoms with E-state index in [9.17, 15) is 4.79 Å². The Balaban J connectivity index is 2.15. The normalized spacial score (nSPS) is 21.8. The number of nitrogens with two attached hydrogens (primary N) is 1. The van der Waals surface area contributed by atoms with Gasteiger partial charge in [0.1, 0.15) is 0 Å². The van der Waals surface area contributed by atoms with Gasteiger partial charge in [0.2, 0.25) is 5.91 Å². The molecule has 1 aliphatic rings. The van der Waals surface area contributed by atoms with Gasteiger partial charge in [0.15, 0.2) is 0 Å². The zero-order valence-corrected chi connectivity index (χ0v) is 10.8. The van der Waals surface area contributed by atoms with Gasteiger partial charge in [-0.25, -0.2) is 0 Å². The fourth-order valence-electron chi connectivity index (χ4n) is 1.79. The molecule has 2 atom stereocenters. The van der Waals surface area contributed by atoms with E-state index < -0.39 is 0 Å². The van der Waals surface area contributed by atoms with Crippen LogP contribution in [0.2, 0.25) is 0 Å². The van der Waals surface area contributed by atoms with Crippen molar-refractivity contribution in [3.63, 3.8) is 0 Å². The van der Waals surface area contributed by atoms with Crippen LogP contribution in [0.1, 0.15) is 25.7 Å². The van der Waals surface area contributed by atoms with Crippen molar-refractivity contribution in [2.45, 2.75) is 31.7 Å². The van der Waals surface area contributed by atoms with Crippen molar-refractivity contribution in [1.82, 2.24) is 5.32 Å². The summed E-state index contributed by atoms with van der Waals surface area (Å²) in [4.78, 5) is 11.6. The van der Waals surface area contributed by atoms with Crippen molar-refractivity contribution in [1.29, 1.82) is 0 Å². The molecule has 92 valence electrons. The first-order valence-corrected chi connectivity index (χ1v) is 7.30. The third-order valence-electron chi connectivity index (χ3n) is 2.91. The standard InChI is InChI=1S/C12H22N2OS/c1-16-8-7-11(13)12(15)14-9-10-5-3-2-4-6-10/h2-3,10-11H,4-9,13H2,1H3,(H,14,15)/t10?,11-/m1/s1. The van der Waals surface area contributed by atoms with Crippen LogP contribution in [0.15, 0.2) is 12.2 Å². The summed E-state index contributed by atoms with van der Waals surface area (Å²) in [5.41, 5.74) is 5.78. The maximum Gasteiger partial charge on any atom is 0.236 e. The smallest absolute Gasteiger partial charge is 0.236 e. The van der Waals surface area contributed by atoms with Crippen molar-refractivity contribution < 1.29 is 4.79 Å². The van der Waals surface area contributed by atoms with Crippen LogP contribution in [0.5, 0.6) is 0 Å². The SMILES string of the molecule is CSCC[C@@H](N)C(=O)NCC1CC=CCC1. The van der Waals surface area contributed by atoms with Crippen molar-refractivity contribution in [2.24, 2.45) is 11.7 Å². The lowest BCUT2D eigenvalue weighted by atomic mass is 9.94. The summed E-state index contributed by atoms with van der Waals surface area (Å²) in [5.74, 6) is 1.55. The van der Waals surface area contributed by atoms with Crippen LogP contribution in [-0.4, -0.2) is 30.5 Å². The van der Waals surface area contributed by atoms with Crippen LogP contribution in [0.25, 0.3) is 0 Å². The molecule has 1 aliphatic carbocycles. The minimum atomic E-state index is -0.341. The highest BCUT2D eigenvalue weighted by molar-refractivity contribution is 7.98. The molecular weight excluding hydrogens is 220 g/mol. The molecule has 3 N–H and O–H groups in total. The molecule has 0 radical (unpaired) electrons. The Labute approximate surface area is 102 Å². The first-order valence-electron chi connectivity index (χ1n) is 5.91. The molecule has 1 unspecified atom stereocenters. The van der Waals surface area contributed by atoms with E-state index in [0.29, 0.717) is 5.92 Å². The maximum atomic E-state index is 11.6. The van der Waals surface area contributed by atoms with E-state index in [1.165, 1.54) is 6.42 Å². The number of nitrogens with one attached hydrogen (secondary N) is 1. The fraction of sp³-hybridized carbons (Fsp3) is 0.750. The predicted octanol–water partition coefficient (Wildman–Crippen LogP) is 1.54. The minimum Gasteiger partial charge on any atom is -0.354 e. The van der Waals surface area contributed by atoms with Gasteiger partial charge in [-0.15, -0.1) is 0 Å². The average Bonchev–Trinajstić information content (AvgIpc) is 2.34. The summed E-state index contributed by atoms with van der Waals surface area (Å²) in [7, 11) is 0. The van der Waals surface area contributed by atoms with Crippen molar-refractivity contribution in [3.8, 4) is 0 Å². The number of carbonyl (C=O) groups excluding carboxylic acids is 1. The number of amides is 1. The van der Waals surface area contributed by atoms with Gasteiger partial charge in [-0.2, -0.15) is 11.8 Å². The van der Waals surface area contributed by atoms with Gasteiger partial charge in [0.05, 0.1) is 6.04 Å². The first-order chi connectivity index (χ1) is 7.74. The molecular formula is C12H22N2OS. The second-order valence-corrected chi connectivity index (χ2v) is 5.27. The molecule has 0 aliphatic heterocycles. The molecule has 0 aromatic carbocycles. The number of hydrogen-bond acceptors (Lipinski definition) is 3. The predicted molar refractivity (Wildman–Crippen MR) is 70.5 cm³/mol. The summed E-state index contributed by atoms with van der Waals surface area (Å²) < 4.78 is 0. The molecule has 0 bridgehead atoms. The van der Waals surface area contributed by atoms with E-state index in [1.807, 2.05) is 6.26 Å². The zero-order valence-electron chi connectivity index (χ0n) is 9.95. The van der Waals surface area contributed by atoms with Gasteiger partial charge in [0, 0.05) is 6.54 Å². The Morgan fingerprint density at radius 1 is 1.62 bits per heavy atom. The molecule has 0 heterocycles. The second kappa shape index (κ2) is 7.74. The van der Waals surface area contributed by atoms with Crippen LogP contribution in [-0.2, 0) is 4.79 Å². The van der Waals surface area contributed by atoms with Gasteiger partial charge in [0.25, 0.3) is 0 Å². The van der Waals surface area contributed by atoms with E-state index in [4.69, 9.17) is 5.73 Å². The molecule has 16 heavy (non-hydrogen) atoms. The van der Waals surface area contributed by atoms with E-state index in [2.05, 4.69) is 17.5 Å². The minimum absolute atomic E-state index is 0.00334. The molecule has 1 rings (SSSR count). The van der Waals surface area contributed by atoms with Gasteiger partial charge < -0.3 is 11.1 Å². The topological polar surface area (TPSA) is 55.1 Å². The van der Waals surface area contributed by atoms with Crippen LogP contribution in [0, 0.1) is 5.92 Å². The summed E-state index contributed by atoms with van der Waals surface area (Å²) in [6.07, 6.45) is 10.6. The Morgan fingerprint density at radius 2 is 2.44 bits per heavy atom. The van der Waals surface area contributed by atoms with Crippen LogP contribution >= 0.6 is 11.8 Å². The Bertz CT molecular complexity index is 243. The van der Waals surface area contributed by atoms with Gasteiger partial charge >= 0.3 is 0 Å². The van der Waals surface area contributed by atoms with Gasteiger partial charge in [-0.1, -0.05) is 12.2 Å². The quantitative estimate of drug-likeness (QED) is 0.695.